The maximum atomic E-state index is 14.3. The van der Waals surface area contributed by atoms with Crippen molar-refractivity contribution in [1.82, 2.24) is 16.0 Å². The molecule has 0 heterocycles. The quantitative estimate of drug-likeness (QED) is 0.175. The van der Waals surface area contributed by atoms with Crippen LogP contribution < -0.4 is 20.7 Å². The molecule has 2 aromatic carbocycles. The largest absolute Gasteiger partial charge is 0.490 e. The van der Waals surface area contributed by atoms with Crippen molar-refractivity contribution in [1.29, 1.82) is 0 Å². The van der Waals surface area contributed by atoms with E-state index in [0.717, 1.165) is 24.0 Å². The second-order valence-corrected chi connectivity index (χ2v) is 7.96. The summed E-state index contributed by atoms with van der Waals surface area (Å²) in [5, 5.41) is 9.13. The van der Waals surface area contributed by atoms with Crippen molar-refractivity contribution < 1.29 is 18.3 Å². The van der Waals surface area contributed by atoms with E-state index in [1.807, 2.05) is 13.0 Å². The van der Waals surface area contributed by atoms with Crippen LogP contribution in [0.15, 0.2) is 47.5 Å². The van der Waals surface area contributed by atoms with Gasteiger partial charge in [0, 0.05) is 20.1 Å². The molecule has 0 saturated heterocycles. The zero-order chi connectivity index (χ0) is 22.9. The highest BCUT2D eigenvalue weighted by molar-refractivity contribution is 14.0. The third-order valence-electron chi connectivity index (χ3n) is 5.22. The number of hydrogen-bond acceptors (Lipinski definition) is 3. The molecule has 1 fully saturated rings. The van der Waals surface area contributed by atoms with Crippen molar-refractivity contribution in [2.24, 2.45) is 10.9 Å². The average Bonchev–Trinajstić information content (AvgIpc) is 3.61. The molecule has 1 aliphatic carbocycles. The number of carbonyl (C=O) groups is 1. The van der Waals surface area contributed by atoms with Gasteiger partial charge in [0.05, 0.1) is 19.1 Å². The Labute approximate surface area is 210 Å². The second kappa shape index (κ2) is 13.3. The van der Waals surface area contributed by atoms with Gasteiger partial charge in [-0.2, -0.15) is 0 Å². The van der Waals surface area contributed by atoms with Gasteiger partial charge >= 0.3 is 0 Å². The fraction of sp³-hybridized carbons (Fsp3) is 0.417. The third kappa shape index (κ3) is 9.15. The molecule has 3 N–H and O–H groups in total. The van der Waals surface area contributed by atoms with Crippen LogP contribution in [0, 0.1) is 17.6 Å². The second-order valence-electron chi connectivity index (χ2n) is 7.96. The molecular formula is C24H31F2IN4O2. The Bertz CT molecular complexity index is 937. The van der Waals surface area contributed by atoms with Gasteiger partial charge in [-0.05, 0) is 61.1 Å². The van der Waals surface area contributed by atoms with Crippen LogP contribution >= 0.6 is 24.0 Å². The van der Waals surface area contributed by atoms with Crippen LogP contribution in [0.3, 0.4) is 0 Å². The van der Waals surface area contributed by atoms with Gasteiger partial charge in [-0.25, -0.2) is 8.78 Å². The molecule has 0 bridgehead atoms. The summed E-state index contributed by atoms with van der Waals surface area (Å²) in [7, 11) is 1.64. The van der Waals surface area contributed by atoms with Crippen LogP contribution in [0.5, 0.6) is 5.75 Å². The zero-order valence-electron chi connectivity index (χ0n) is 18.9. The first-order valence-electron chi connectivity index (χ1n) is 10.8. The van der Waals surface area contributed by atoms with E-state index in [4.69, 9.17) is 4.74 Å². The highest BCUT2D eigenvalue weighted by Gasteiger charge is 2.22. The summed E-state index contributed by atoms with van der Waals surface area (Å²) >= 11 is 0. The predicted octanol–water partition coefficient (Wildman–Crippen LogP) is 3.96. The SMILES string of the molecule is CN=C(NCCNC(=O)Cc1ccc(F)cc1)NC(C)c1ccc(OCC2CC2)c(F)c1.I. The highest BCUT2D eigenvalue weighted by Crippen LogP contribution is 2.30. The lowest BCUT2D eigenvalue weighted by Gasteiger charge is -2.19. The van der Waals surface area contributed by atoms with E-state index >= 15 is 0 Å². The Morgan fingerprint density at radius 3 is 2.45 bits per heavy atom. The van der Waals surface area contributed by atoms with Crippen molar-refractivity contribution in [2.45, 2.75) is 32.2 Å². The van der Waals surface area contributed by atoms with Gasteiger partial charge in [-0.3, -0.25) is 9.79 Å². The molecule has 2 aromatic rings. The van der Waals surface area contributed by atoms with E-state index in [0.29, 0.717) is 31.6 Å². The molecular weight excluding hydrogens is 541 g/mol. The van der Waals surface area contributed by atoms with Crippen molar-refractivity contribution in [3.63, 3.8) is 0 Å². The van der Waals surface area contributed by atoms with Gasteiger partial charge in [0.25, 0.3) is 0 Å². The molecule has 0 aliphatic heterocycles. The number of nitrogens with one attached hydrogen (secondary N) is 3. The number of rotatable bonds is 10. The lowest BCUT2D eigenvalue weighted by molar-refractivity contribution is -0.120. The number of halogens is 3. The predicted molar refractivity (Wildman–Crippen MR) is 136 cm³/mol. The molecule has 1 saturated carbocycles. The summed E-state index contributed by atoms with van der Waals surface area (Å²) in [5.74, 6) is 0.549. The summed E-state index contributed by atoms with van der Waals surface area (Å²) in [6.07, 6.45) is 2.51. The number of benzene rings is 2. The molecule has 0 radical (unpaired) electrons. The molecule has 3 rings (SSSR count). The minimum atomic E-state index is -0.372. The fourth-order valence-electron chi connectivity index (χ4n) is 3.11. The number of hydrogen-bond donors (Lipinski definition) is 3. The van der Waals surface area contributed by atoms with Gasteiger partial charge in [-0.1, -0.05) is 18.2 Å². The molecule has 0 spiro atoms. The van der Waals surface area contributed by atoms with Gasteiger partial charge in [-0.15, -0.1) is 24.0 Å². The highest BCUT2D eigenvalue weighted by atomic mass is 127. The van der Waals surface area contributed by atoms with E-state index in [-0.39, 0.29) is 59.7 Å². The zero-order valence-corrected chi connectivity index (χ0v) is 21.2. The van der Waals surface area contributed by atoms with Crippen LogP contribution in [-0.2, 0) is 11.2 Å². The molecule has 1 atom stereocenters. The fourth-order valence-corrected chi connectivity index (χ4v) is 3.11. The van der Waals surface area contributed by atoms with Crippen LogP contribution in [-0.4, -0.2) is 38.6 Å². The summed E-state index contributed by atoms with van der Waals surface area (Å²) in [6, 6.07) is 10.7. The Kier molecular flexibility index (Phi) is 10.8. The van der Waals surface area contributed by atoms with E-state index < -0.39 is 0 Å². The van der Waals surface area contributed by atoms with Crippen LogP contribution in [0.4, 0.5) is 8.78 Å². The van der Waals surface area contributed by atoms with E-state index in [9.17, 15) is 13.6 Å². The van der Waals surface area contributed by atoms with Gasteiger partial charge < -0.3 is 20.7 Å². The number of guanidine groups is 1. The number of amides is 1. The summed E-state index contributed by atoms with van der Waals surface area (Å²) in [6.45, 7) is 3.35. The number of carbonyl (C=O) groups excluding carboxylic acids is 1. The van der Waals surface area contributed by atoms with Gasteiger partial charge in [0.15, 0.2) is 17.5 Å². The molecule has 0 aromatic heterocycles. The molecule has 6 nitrogen and oxygen atoms in total. The first kappa shape index (κ1) is 26.8. The monoisotopic (exact) mass is 572 g/mol. The topological polar surface area (TPSA) is 74.8 Å². The van der Waals surface area contributed by atoms with Gasteiger partial charge in [0.1, 0.15) is 5.82 Å². The molecule has 33 heavy (non-hydrogen) atoms. The molecule has 180 valence electrons. The third-order valence-corrected chi connectivity index (χ3v) is 5.22. The normalized spacial score (nSPS) is 14.1. The summed E-state index contributed by atoms with van der Waals surface area (Å²) in [5.41, 5.74) is 1.52. The van der Waals surface area contributed by atoms with Crippen LogP contribution in [0.2, 0.25) is 0 Å². The van der Waals surface area contributed by atoms with Crippen LogP contribution in [0.1, 0.15) is 36.9 Å². The maximum absolute atomic E-state index is 14.3. The minimum absolute atomic E-state index is 0. The van der Waals surface area contributed by atoms with Crippen LogP contribution in [0.25, 0.3) is 0 Å². The van der Waals surface area contributed by atoms with Gasteiger partial charge in [0.2, 0.25) is 5.91 Å². The lowest BCUT2D eigenvalue weighted by atomic mass is 10.1. The van der Waals surface area contributed by atoms with Crippen molar-refractivity contribution >= 4 is 35.8 Å². The number of aliphatic imine (C=N–C) groups is 1. The van der Waals surface area contributed by atoms with E-state index in [2.05, 4.69) is 20.9 Å². The number of nitrogens with zero attached hydrogens (tertiary/aromatic N) is 1. The average molecular weight is 572 g/mol. The van der Waals surface area contributed by atoms with Crippen molar-refractivity contribution in [2.75, 3.05) is 26.7 Å². The summed E-state index contributed by atoms with van der Waals surface area (Å²) in [4.78, 5) is 16.2. The number of ether oxygens (including phenoxy) is 1. The van der Waals surface area contributed by atoms with Crippen molar-refractivity contribution in [3.8, 4) is 5.75 Å². The Morgan fingerprint density at radius 1 is 1.12 bits per heavy atom. The molecule has 9 heteroatoms. The van der Waals surface area contributed by atoms with Crippen molar-refractivity contribution in [3.05, 3.63) is 65.2 Å². The first-order chi connectivity index (χ1) is 15.4. The maximum Gasteiger partial charge on any atom is 0.224 e. The van der Waals surface area contributed by atoms with E-state index in [1.165, 1.54) is 18.2 Å². The summed E-state index contributed by atoms with van der Waals surface area (Å²) < 4.78 is 32.8. The smallest absolute Gasteiger partial charge is 0.224 e. The molecule has 1 unspecified atom stereocenters. The van der Waals surface area contributed by atoms with E-state index in [1.54, 1.807) is 25.2 Å². The Morgan fingerprint density at radius 2 is 1.82 bits per heavy atom. The first-order valence-corrected chi connectivity index (χ1v) is 10.8. The molecule has 1 aliphatic rings. The lowest BCUT2D eigenvalue weighted by Crippen LogP contribution is -2.42. The molecule has 1 amide bonds. The minimum Gasteiger partial charge on any atom is -0.490 e. The Hall–Kier alpha value is -2.43. The standard InChI is InChI=1S/C24H30F2N4O2.HI/c1-16(19-7-10-22(21(26)14-19)32-15-18-3-4-18)30-24(27-2)29-12-11-28-23(31)13-17-5-8-20(25)9-6-17;/h5-10,14,16,18H,3-4,11-13,15H2,1-2H3,(H,28,31)(H2,27,29,30);1H. The Balaban J connectivity index is 0.00000385.